The lowest BCUT2D eigenvalue weighted by molar-refractivity contribution is 0.0355. The summed E-state index contributed by atoms with van der Waals surface area (Å²) < 4.78 is 34.7. The standard InChI is InChI=1S/C19H26F2N6O2/c20-15-2-1-14(17(21)11-15)12-26-16(13-28)3-4-18(26)19-22-23-24-27(19)6-5-25-7-9-29-10-8-25/h1-2,11,16,18,28H,3-10,12-13H2/t16-,18-/m0/s1. The molecular formula is C19H26F2N6O2. The summed E-state index contributed by atoms with van der Waals surface area (Å²) in [6.07, 6.45) is 1.53. The molecule has 2 aromatic rings. The van der Waals surface area contributed by atoms with E-state index in [2.05, 4.69) is 20.4 Å². The number of aliphatic hydroxyl groups excluding tert-OH is 1. The summed E-state index contributed by atoms with van der Waals surface area (Å²) in [4.78, 5) is 4.33. The highest BCUT2D eigenvalue weighted by Crippen LogP contribution is 2.36. The van der Waals surface area contributed by atoms with Crippen molar-refractivity contribution in [1.29, 1.82) is 0 Å². The molecule has 29 heavy (non-hydrogen) atoms. The van der Waals surface area contributed by atoms with Gasteiger partial charge in [0.05, 0.1) is 32.4 Å². The summed E-state index contributed by atoms with van der Waals surface area (Å²) in [5, 5.41) is 22.1. The minimum Gasteiger partial charge on any atom is -0.395 e. The molecule has 1 N–H and O–H groups in total. The number of benzene rings is 1. The van der Waals surface area contributed by atoms with Crippen LogP contribution < -0.4 is 0 Å². The number of hydrogen-bond donors (Lipinski definition) is 1. The molecule has 0 spiro atoms. The zero-order valence-electron chi connectivity index (χ0n) is 16.3. The lowest BCUT2D eigenvalue weighted by Crippen LogP contribution is -2.39. The largest absolute Gasteiger partial charge is 0.395 e. The Bertz CT molecular complexity index is 814. The molecule has 0 saturated carbocycles. The Balaban J connectivity index is 1.49. The van der Waals surface area contributed by atoms with Gasteiger partial charge >= 0.3 is 0 Å². The van der Waals surface area contributed by atoms with Crippen LogP contribution in [0, 0.1) is 11.6 Å². The van der Waals surface area contributed by atoms with Crippen molar-refractivity contribution in [3.05, 3.63) is 41.2 Å². The fourth-order valence-electron chi connectivity index (χ4n) is 4.17. The van der Waals surface area contributed by atoms with Crippen molar-refractivity contribution in [2.24, 2.45) is 0 Å². The molecule has 2 aliphatic heterocycles. The summed E-state index contributed by atoms with van der Waals surface area (Å²) in [5.74, 6) is -0.467. The minimum absolute atomic E-state index is 0.0331. The molecule has 8 nitrogen and oxygen atoms in total. The number of ether oxygens (including phenoxy) is 1. The Morgan fingerprint density at radius 1 is 1.14 bits per heavy atom. The molecule has 2 fully saturated rings. The number of rotatable bonds is 7. The van der Waals surface area contributed by atoms with Crippen LogP contribution in [0.15, 0.2) is 18.2 Å². The van der Waals surface area contributed by atoms with Gasteiger partial charge in [-0.3, -0.25) is 9.80 Å². The molecule has 10 heteroatoms. The van der Waals surface area contributed by atoms with Crippen molar-refractivity contribution in [3.8, 4) is 0 Å². The monoisotopic (exact) mass is 408 g/mol. The highest BCUT2D eigenvalue weighted by atomic mass is 19.1. The molecule has 0 amide bonds. The molecule has 2 atom stereocenters. The predicted molar refractivity (Wildman–Crippen MR) is 99.8 cm³/mol. The van der Waals surface area contributed by atoms with E-state index in [0.717, 1.165) is 57.6 Å². The SMILES string of the molecule is OC[C@@H]1CC[C@@H](c2nnnn2CCN2CCOCC2)N1Cc1ccc(F)cc1F. The van der Waals surface area contributed by atoms with E-state index in [1.54, 1.807) is 4.68 Å². The first-order valence-electron chi connectivity index (χ1n) is 10.0. The number of likely N-dealkylation sites (tertiary alicyclic amines) is 1. The van der Waals surface area contributed by atoms with Crippen molar-refractivity contribution < 1.29 is 18.6 Å². The quantitative estimate of drug-likeness (QED) is 0.732. The van der Waals surface area contributed by atoms with Gasteiger partial charge in [-0.25, -0.2) is 13.5 Å². The normalized spacial score (nSPS) is 23.7. The molecule has 158 valence electrons. The van der Waals surface area contributed by atoms with Gasteiger partial charge in [0, 0.05) is 43.9 Å². The van der Waals surface area contributed by atoms with Crippen molar-refractivity contribution in [2.45, 2.75) is 38.0 Å². The van der Waals surface area contributed by atoms with Gasteiger partial charge in [0.25, 0.3) is 0 Å². The number of aromatic nitrogens is 4. The Labute approximate surface area is 168 Å². The van der Waals surface area contributed by atoms with Gasteiger partial charge in [-0.05, 0) is 29.3 Å². The average molecular weight is 408 g/mol. The van der Waals surface area contributed by atoms with Crippen LogP contribution in [0.25, 0.3) is 0 Å². The lowest BCUT2D eigenvalue weighted by atomic mass is 10.1. The third-order valence-electron chi connectivity index (χ3n) is 5.81. The van der Waals surface area contributed by atoms with Crippen LogP contribution >= 0.6 is 0 Å². The maximum Gasteiger partial charge on any atom is 0.168 e. The molecule has 2 saturated heterocycles. The Kier molecular flexibility index (Phi) is 6.43. The van der Waals surface area contributed by atoms with Gasteiger partial charge in [0.15, 0.2) is 5.82 Å². The third-order valence-corrected chi connectivity index (χ3v) is 5.81. The molecule has 2 aliphatic rings. The second-order valence-electron chi connectivity index (χ2n) is 7.55. The molecule has 0 aliphatic carbocycles. The minimum atomic E-state index is -0.602. The fraction of sp³-hybridized carbons (Fsp3) is 0.632. The molecular weight excluding hydrogens is 382 g/mol. The van der Waals surface area contributed by atoms with Gasteiger partial charge in [0.2, 0.25) is 0 Å². The number of tetrazole rings is 1. The Hall–Kier alpha value is -2.01. The Morgan fingerprint density at radius 2 is 1.97 bits per heavy atom. The zero-order valence-corrected chi connectivity index (χ0v) is 16.3. The van der Waals surface area contributed by atoms with Crippen LogP contribution in [0.2, 0.25) is 0 Å². The van der Waals surface area contributed by atoms with E-state index in [1.807, 2.05) is 4.90 Å². The van der Waals surface area contributed by atoms with E-state index in [1.165, 1.54) is 12.1 Å². The number of halogens is 2. The van der Waals surface area contributed by atoms with Crippen LogP contribution in [0.4, 0.5) is 8.78 Å². The van der Waals surface area contributed by atoms with Gasteiger partial charge in [-0.15, -0.1) is 5.10 Å². The second-order valence-corrected chi connectivity index (χ2v) is 7.55. The van der Waals surface area contributed by atoms with Crippen molar-refractivity contribution in [3.63, 3.8) is 0 Å². The van der Waals surface area contributed by atoms with E-state index in [9.17, 15) is 13.9 Å². The maximum absolute atomic E-state index is 14.2. The summed E-state index contributed by atoms with van der Waals surface area (Å²) in [6, 6.07) is 3.35. The average Bonchev–Trinajstić information content (AvgIpc) is 3.35. The predicted octanol–water partition coefficient (Wildman–Crippen LogP) is 0.981. The molecule has 3 heterocycles. The number of hydrogen-bond acceptors (Lipinski definition) is 7. The third kappa shape index (κ3) is 4.61. The van der Waals surface area contributed by atoms with Crippen molar-refractivity contribution >= 4 is 0 Å². The summed E-state index contributed by atoms with van der Waals surface area (Å²) in [6.45, 7) is 4.96. The van der Waals surface area contributed by atoms with Gasteiger partial charge in [-0.1, -0.05) is 6.07 Å². The van der Waals surface area contributed by atoms with Crippen LogP contribution in [-0.4, -0.2) is 80.6 Å². The number of aliphatic hydroxyl groups is 1. The smallest absolute Gasteiger partial charge is 0.168 e. The van der Waals surface area contributed by atoms with E-state index in [4.69, 9.17) is 4.74 Å². The zero-order chi connectivity index (χ0) is 20.2. The molecule has 0 radical (unpaired) electrons. The first kappa shape index (κ1) is 20.3. The molecule has 1 aromatic heterocycles. The highest BCUT2D eigenvalue weighted by Gasteiger charge is 2.37. The van der Waals surface area contributed by atoms with Crippen LogP contribution in [0.1, 0.15) is 30.3 Å². The first-order chi connectivity index (χ1) is 14.2. The van der Waals surface area contributed by atoms with E-state index >= 15 is 0 Å². The summed E-state index contributed by atoms with van der Waals surface area (Å²) in [7, 11) is 0. The van der Waals surface area contributed by atoms with E-state index in [0.29, 0.717) is 12.1 Å². The van der Waals surface area contributed by atoms with Crippen LogP contribution in [-0.2, 0) is 17.8 Å². The molecule has 0 bridgehead atoms. The van der Waals surface area contributed by atoms with Crippen LogP contribution in [0.3, 0.4) is 0 Å². The maximum atomic E-state index is 14.2. The highest BCUT2D eigenvalue weighted by molar-refractivity contribution is 5.19. The molecule has 4 rings (SSSR count). The lowest BCUT2D eigenvalue weighted by Gasteiger charge is -2.29. The van der Waals surface area contributed by atoms with Gasteiger partial charge in [0.1, 0.15) is 11.6 Å². The molecule has 1 aromatic carbocycles. The molecule has 0 unspecified atom stereocenters. The Morgan fingerprint density at radius 3 is 2.72 bits per heavy atom. The van der Waals surface area contributed by atoms with Gasteiger partial charge < -0.3 is 9.84 Å². The number of morpholine rings is 1. The van der Waals surface area contributed by atoms with Crippen molar-refractivity contribution in [2.75, 3.05) is 39.5 Å². The second kappa shape index (κ2) is 9.21. The summed E-state index contributed by atoms with van der Waals surface area (Å²) >= 11 is 0. The number of nitrogens with zero attached hydrogens (tertiary/aromatic N) is 6. The first-order valence-corrected chi connectivity index (χ1v) is 10.0. The van der Waals surface area contributed by atoms with Crippen molar-refractivity contribution in [1.82, 2.24) is 30.0 Å². The summed E-state index contributed by atoms with van der Waals surface area (Å²) in [5.41, 5.74) is 0.393. The fourth-order valence-corrected chi connectivity index (χ4v) is 4.17. The topological polar surface area (TPSA) is 79.5 Å². The van der Waals surface area contributed by atoms with Gasteiger partial charge in [-0.2, -0.15) is 0 Å². The van der Waals surface area contributed by atoms with Crippen LogP contribution in [0.5, 0.6) is 0 Å². The van der Waals surface area contributed by atoms with E-state index < -0.39 is 11.6 Å². The van der Waals surface area contributed by atoms with E-state index in [-0.39, 0.29) is 25.2 Å².